The van der Waals surface area contributed by atoms with Gasteiger partial charge in [0, 0.05) is 15.8 Å². The molecule has 2 aromatic rings. The van der Waals surface area contributed by atoms with E-state index in [9.17, 15) is 0 Å². The van der Waals surface area contributed by atoms with Crippen LogP contribution in [0.3, 0.4) is 0 Å². The molecule has 20 heavy (non-hydrogen) atoms. The van der Waals surface area contributed by atoms with Crippen LogP contribution in [0.2, 0.25) is 15.1 Å². The summed E-state index contributed by atoms with van der Waals surface area (Å²) in [6.45, 7) is 7.02. The molecular formula is C14H15Cl3N2S. The van der Waals surface area contributed by atoms with E-state index in [0.717, 1.165) is 10.7 Å². The van der Waals surface area contributed by atoms with E-state index in [1.165, 1.54) is 0 Å². The molecule has 0 aliphatic rings. The third kappa shape index (κ3) is 3.79. The molecule has 0 radical (unpaired) electrons. The molecule has 0 spiro atoms. The maximum Gasteiger partial charge on any atom is 0.0982 e. The van der Waals surface area contributed by atoms with E-state index in [1.807, 2.05) is 5.38 Å². The summed E-state index contributed by atoms with van der Waals surface area (Å²) >= 11 is 19.8. The Morgan fingerprint density at radius 1 is 1.15 bits per heavy atom. The van der Waals surface area contributed by atoms with Gasteiger partial charge in [0.15, 0.2) is 0 Å². The van der Waals surface area contributed by atoms with Crippen molar-refractivity contribution in [3.05, 3.63) is 43.3 Å². The highest BCUT2D eigenvalue weighted by atomic mass is 35.5. The number of thiazole rings is 1. The van der Waals surface area contributed by atoms with Gasteiger partial charge < -0.3 is 5.32 Å². The summed E-state index contributed by atoms with van der Waals surface area (Å²) in [5, 5.41) is 7.91. The summed E-state index contributed by atoms with van der Waals surface area (Å²) in [5.41, 5.74) is 1.73. The molecule has 0 fully saturated rings. The Morgan fingerprint density at radius 2 is 1.75 bits per heavy atom. The summed E-state index contributed by atoms with van der Waals surface area (Å²) in [4.78, 5) is 4.62. The van der Waals surface area contributed by atoms with Gasteiger partial charge in [-0.2, -0.15) is 0 Å². The minimum absolute atomic E-state index is 0.0679. The fourth-order valence-electron chi connectivity index (χ4n) is 1.62. The Kier molecular flexibility index (Phi) is 4.85. The summed E-state index contributed by atoms with van der Waals surface area (Å²) in [5.74, 6) is 0. The van der Waals surface area contributed by atoms with E-state index in [0.29, 0.717) is 27.3 Å². The predicted molar refractivity (Wildman–Crippen MR) is 89.6 cm³/mol. The molecule has 0 aliphatic carbocycles. The molecule has 6 heteroatoms. The molecule has 2 rings (SSSR count). The highest BCUT2D eigenvalue weighted by Gasteiger charge is 2.18. The van der Waals surface area contributed by atoms with E-state index in [1.54, 1.807) is 23.5 Å². The molecule has 1 aromatic heterocycles. The van der Waals surface area contributed by atoms with Crippen molar-refractivity contribution in [2.75, 3.05) is 5.32 Å². The van der Waals surface area contributed by atoms with Crippen molar-refractivity contribution >= 4 is 51.8 Å². The third-order valence-corrected chi connectivity index (χ3v) is 4.78. The first-order valence-corrected chi connectivity index (χ1v) is 8.12. The van der Waals surface area contributed by atoms with Crippen LogP contribution in [0.5, 0.6) is 0 Å². The van der Waals surface area contributed by atoms with E-state index in [4.69, 9.17) is 34.8 Å². The Balaban J connectivity index is 2.12. The van der Waals surface area contributed by atoms with Gasteiger partial charge in [0.25, 0.3) is 0 Å². The number of nitrogens with one attached hydrogen (secondary N) is 1. The predicted octanol–water partition coefficient (Wildman–Crippen LogP) is 6.01. The SMILES string of the molecule is CC(C)(C)c1nc(CNc2c(Cl)cc(Cl)cc2Cl)cs1. The normalized spacial score (nSPS) is 11.7. The van der Waals surface area contributed by atoms with Crippen molar-refractivity contribution in [2.45, 2.75) is 32.7 Å². The molecule has 0 aliphatic heterocycles. The second-order valence-corrected chi connectivity index (χ2v) is 7.60. The van der Waals surface area contributed by atoms with E-state index >= 15 is 0 Å². The zero-order chi connectivity index (χ0) is 14.9. The lowest BCUT2D eigenvalue weighted by molar-refractivity contribution is 0.583. The molecule has 0 saturated carbocycles. The molecule has 2 nitrogen and oxygen atoms in total. The van der Waals surface area contributed by atoms with Crippen LogP contribution in [-0.2, 0) is 12.0 Å². The zero-order valence-electron chi connectivity index (χ0n) is 11.4. The van der Waals surface area contributed by atoms with Crippen LogP contribution in [0.15, 0.2) is 17.5 Å². The maximum atomic E-state index is 6.13. The smallest absolute Gasteiger partial charge is 0.0982 e. The highest BCUT2D eigenvalue weighted by molar-refractivity contribution is 7.09. The quantitative estimate of drug-likeness (QED) is 0.733. The lowest BCUT2D eigenvalue weighted by Gasteiger charge is -2.13. The monoisotopic (exact) mass is 348 g/mol. The van der Waals surface area contributed by atoms with E-state index in [2.05, 4.69) is 31.1 Å². The topological polar surface area (TPSA) is 24.9 Å². The summed E-state index contributed by atoms with van der Waals surface area (Å²) < 4.78 is 0. The first kappa shape index (κ1) is 15.9. The number of hydrogen-bond acceptors (Lipinski definition) is 3. The molecule has 0 atom stereocenters. The molecular weight excluding hydrogens is 335 g/mol. The van der Waals surface area contributed by atoms with Crippen LogP contribution >= 0.6 is 46.1 Å². The van der Waals surface area contributed by atoms with Gasteiger partial charge in [-0.25, -0.2) is 4.98 Å². The third-order valence-electron chi connectivity index (χ3n) is 2.65. The molecule has 0 amide bonds. The van der Waals surface area contributed by atoms with E-state index in [-0.39, 0.29) is 5.41 Å². The second kappa shape index (κ2) is 6.10. The molecule has 1 heterocycles. The molecule has 1 N–H and O–H groups in total. The Labute approximate surface area is 138 Å². The van der Waals surface area contributed by atoms with Gasteiger partial charge in [-0.3, -0.25) is 0 Å². The minimum atomic E-state index is 0.0679. The van der Waals surface area contributed by atoms with Crippen LogP contribution < -0.4 is 5.32 Å². The Bertz CT molecular complexity index is 594. The molecule has 0 bridgehead atoms. The van der Waals surface area contributed by atoms with E-state index < -0.39 is 0 Å². The van der Waals surface area contributed by atoms with Crippen molar-refractivity contribution < 1.29 is 0 Å². The fraction of sp³-hybridized carbons (Fsp3) is 0.357. The first-order valence-electron chi connectivity index (χ1n) is 6.10. The number of rotatable bonds is 3. The average Bonchev–Trinajstić information content (AvgIpc) is 2.75. The highest BCUT2D eigenvalue weighted by Crippen LogP contribution is 2.34. The summed E-state index contributed by atoms with van der Waals surface area (Å²) in [6, 6.07) is 3.33. The van der Waals surface area contributed by atoms with Gasteiger partial charge in [-0.1, -0.05) is 55.6 Å². The average molecular weight is 350 g/mol. The number of anilines is 1. The second-order valence-electron chi connectivity index (χ2n) is 5.49. The molecule has 0 saturated heterocycles. The largest absolute Gasteiger partial charge is 0.377 e. The van der Waals surface area contributed by atoms with Crippen LogP contribution in [0.25, 0.3) is 0 Å². The summed E-state index contributed by atoms with van der Waals surface area (Å²) in [7, 11) is 0. The van der Waals surface area contributed by atoms with Gasteiger partial charge in [0.05, 0.1) is 33.0 Å². The number of halogens is 3. The molecule has 1 aromatic carbocycles. The van der Waals surface area contributed by atoms with Crippen molar-refractivity contribution in [2.24, 2.45) is 0 Å². The van der Waals surface area contributed by atoms with Gasteiger partial charge in [0.1, 0.15) is 0 Å². The van der Waals surface area contributed by atoms with Gasteiger partial charge >= 0.3 is 0 Å². The van der Waals surface area contributed by atoms with Crippen molar-refractivity contribution in [1.82, 2.24) is 4.98 Å². The van der Waals surface area contributed by atoms with Crippen molar-refractivity contribution in [1.29, 1.82) is 0 Å². The Morgan fingerprint density at radius 3 is 2.25 bits per heavy atom. The molecule has 108 valence electrons. The van der Waals surface area contributed by atoms with Crippen LogP contribution in [0.4, 0.5) is 5.69 Å². The number of nitrogens with zero attached hydrogens (tertiary/aromatic N) is 1. The summed E-state index contributed by atoms with van der Waals surface area (Å²) in [6.07, 6.45) is 0. The lowest BCUT2D eigenvalue weighted by Crippen LogP contribution is -2.11. The number of aromatic nitrogens is 1. The lowest BCUT2D eigenvalue weighted by atomic mass is 9.98. The van der Waals surface area contributed by atoms with Gasteiger partial charge in [-0.05, 0) is 12.1 Å². The van der Waals surface area contributed by atoms with Crippen LogP contribution in [0, 0.1) is 0 Å². The van der Waals surface area contributed by atoms with Gasteiger partial charge in [0.2, 0.25) is 0 Å². The van der Waals surface area contributed by atoms with Crippen molar-refractivity contribution in [3.63, 3.8) is 0 Å². The number of benzene rings is 1. The van der Waals surface area contributed by atoms with Crippen LogP contribution in [0.1, 0.15) is 31.5 Å². The first-order chi connectivity index (χ1) is 9.27. The van der Waals surface area contributed by atoms with Crippen molar-refractivity contribution in [3.8, 4) is 0 Å². The minimum Gasteiger partial charge on any atom is -0.377 e. The maximum absolute atomic E-state index is 6.13. The Hall–Kier alpha value is -0.480. The van der Waals surface area contributed by atoms with Crippen LogP contribution in [-0.4, -0.2) is 4.98 Å². The standard InChI is InChI=1S/C14H15Cl3N2S/c1-14(2,3)13-19-9(7-20-13)6-18-12-10(16)4-8(15)5-11(12)17/h4-5,7,18H,6H2,1-3H3. The zero-order valence-corrected chi connectivity index (χ0v) is 14.5. The fourth-order valence-corrected chi connectivity index (χ4v) is 3.48. The van der Waals surface area contributed by atoms with Gasteiger partial charge in [-0.15, -0.1) is 11.3 Å². The number of hydrogen-bond donors (Lipinski definition) is 1. The molecule has 0 unspecified atom stereocenters.